The third-order valence-corrected chi connectivity index (χ3v) is 3.43. The predicted molar refractivity (Wildman–Crippen MR) is 90.1 cm³/mol. The average Bonchev–Trinajstić information content (AvgIpc) is 2.55. The van der Waals surface area contributed by atoms with E-state index in [4.69, 9.17) is 5.11 Å². The number of carbonyl (C=O) groups excluding carboxylic acids is 1. The van der Waals surface area contributed by atoms with Crippen LogP contribution >= 0.6 is 0 Å². The number of aliphatic hydroxyl groups is 1. The van der Waals surface area contributed by atoms with Gasteiger partial charge < -0.3 is 15.7 Å². The maximum absolute atomic E-state index is 11.9. The van der Waals surface area contributed by atoms with Crippen LogP contribution in [0.4, 0.5) is 16.2 Å². The lowest BCUT2D eigenvalue weighted by Gasteiger charge is -2.09. The number of urea groups is 1. The van der Waals surface area contributed by atoms with E-state index in [-0.39, 0.29) is 12.6 Å². The van der Waals surface area contributed by atoms with Crippen LogP contribution in [0.5, 0.6) is 0 Å². The molecule has 0 aliphatic rings. The van der Waals surface area contributed by atoms with Gasteiger partial charge in [0.15, 0.2) is 0 Å². The highest BCUT2D eigenvalue weighted by Gasteiger charge is 2.03. The zero-order valence-electron chi connectivity index (χ0n) is 12.8. The van der Waals surface area contributed by atoms with Crippen molar-refractivity contribution in [1.29, 1.82) is 0 Å². The molecule has 0 aliphatic carbocycles. The van der Waals surface area contributed by atoms with Gasteiger partial charge in [-0.15, -0.1) is 0 Å². The lowest BCUT2D eigenvalue weighted by Crippen LogP contribution is -2.19. The second-order valence-electron chi connectivity index (χ2n) is 5.23. The van der Waals surface area contributed by atoms with Gasteiger partial charge in [0.05, 0.1) is 6.61 Å². The quantitative estimate of drug-likeness (QED) is 0.749. The Morgan fingerprint density at radius 2 is 1.41 bits per heavy atom. The Morgan fingerprint density at radius 1 is 0.909 bits per heavy atom. The highest BCUT2D eigenvalue weighted by molar-refractivity contribution is 5.99. The number of aliphatic hydroxyl groups excluding tert-OH is 1. The van der Waals surface area contributed by atoms with Gasteiger partial charge in [-0.05, 0) is 48.2 Å². The molecule has 0 aliphatic heterocycles. The van der Waals surface area contributed by atoms with Crippen LogP contribution in [-0.2, 0) is 13.0 Å². The van der Waals surface area contributed by atoms with E-state index in [1.165, 1.54) is 18.4 Å². The summed E-state index contributed by atoms with van der Waals surface area (Å²) in [4.78, 5) is 11.9. The molecular weight excluding hydrogens is 276 g/mol. The van der Waals surface area contributed by atoms with Gasteiger partial charge in [-0.3, -0.25) is 0 Å². The number of carbonyl (C=O) groups is 1. The topological polar surface area (TPSA) is 61.4 Å². The van der Waals surface area contributed by atoms with Gasteiger partial charge in [-0.2, -0.15) is 0 Å². The van der Waals surface area contributed by atoms with Gasteiger partial charge in [0.1, 0.15) is 0 Å². The predicted octanol–water partition coefficient (Wildman–Crippen LogP) is 4.17. The Bertz CT molecular complexity index is 591. The Hall–Kier alpha value is -2.33. The summed E-state index contributed by atoms with van der Waals surface area (Å²) in [6.45, 7) is 2.17. The lowest BCUT2D eigenvalue weighted by atomic mass is 10.1. The molecule has 0 spiro atoms. The number of hydrogen-bond acceptors (Lipinski definition) is 2. The second-order valence-corrected chi connectivity index (χ2v) is 5.23. The van der Waals surface area contributed by atoms with E-state index in [2.05, 4.69) is 17.6 Å². The van der Waals surface area contributed by atoms with E-state index in [0.717, 1.165) is 17.7 Å². The van der Waals surface area contributed by atoms with Crippen molar-refractivity contribution in [1.82, 2.24) is 0 Å². The molecule has 4 heteroatoms. The third-order valence-electron chi connectivity index (χ3n) is 3.43. The first-order valence-electron chi connectivity index (χ1n) is 7.58. The van der Waals surface area contributed by atoms with Crippen LogP contribution in [-0.4, -0.2) is 11.1 Å². The minimum Gasteiger partial charge on any atom is -0.392 e. The molecule has 0 heterocycles. The first kappa shape index (κ1) is 16.0. The molecule has 0 aromatic heterocycles. The summed E-state index contributed by atoms with van der Waals surface area (Å²) in [6, 6.07) is 14.7. The minimum atomic E-state index is -0.280. The summed E-state index contributed by atoms with van der Waals surface area (Å²) < 4.78 is 0. The zero-order valence-corrected chi connectivity index (χ0v) is 12.8. The van der Waals surface area contributed by atoms with Gasteiger partial charge in [0, 0.05) is 11.4 Å². The van der Waals surface area contributed by atoms with E-state index < -0.39 is 0 Å². The lowest BCUT2D eigenvalue weighted by molar-refractivity contribution is 0.262. The van der Waals surface area contributed by atoms with E-state index >= 15 is 0 Å². The number of rotatable bonds is 6. The molecular formula is C18H22N2O2. The highest BCUT2D eigenvalue weighted by atomic mass is 16.3. The molecule has 2 rings (SSSR count). The van der Waals surface area contributed by atoms with Gasteiger partial charge in [-0.1, -0.05) is 37.6 Å². The van der Waals surface area contributed by atoms with Crippen LogP contribution in [0.2, 0.25) is 0 Å². The fourth-order valence-electron chi connectivity index (χ4n) is 2.12. The number of hydrogen-bond donors (Lipinski definition) is 3. The SMILES string of the molecule is CCCCc1ccc(NC(=O)Nc2ccc(CO)cc2)cc1. The Kier molecular flexibility index (Phi) is 5.98. The molecule has 22 heavy (non-hydrogen) atoms. The molecule has 2 aromatic carbocycles. The van der Waals surface area contributed by atoms with E-state index in [0.29, 0.717) is 5.69 Å². The van der Waals surface area contributed by atoms with Gasteiger partial charge >= 0.3 is 6.03 Å². The summed E-state index contributed by atoms with van der Waals surface area (Å²) in [5, 5.41) is 14.5. The summed E-state index contributed by atoms with van der Waals surface area (Å²) >= 11 is 0. The number of aryl methyl sites for hydroxylation is 1. The summed E-state index contributed by atoms with van der Waals surface area (Å²) in [5.74, 6) is 0. The van der Waals surface area contributed by atoms with Crippen LogP contribution < -0.4 is 10.6 Å². The van der Waals surface area contributed by atoms with Crippen molar-refractivity contribution in [3.63, 3.8) is 0 Å². The van der Waals surface area contributed by atoms with Crippen LogP contribution in [0.15, 0.2) is 48.5 Å². The number of amides is 2. The van der Waals surface area contributed by atoms with Crippen molar-refractivity contribution < 1.29 is 9.90 Å². The molecule has 0 radical (unpaired) electrons. The first-order chi connectivity index (χ1) is 10.7. The fourth-order valence-corrected chi connectivity index (χ4v) is 2.12. The van der Waals surface area contributed by atoms with E-state index in [9.17, 15) is 4.79 Å². The minimum absolute atomic E-state index is 0.00312. The number of benzene rings is 2. The number of anilines is 2. The van der Waals surface area contributed by atoms with Crippen LogP contribution in [0.25, 0.3) is 0 Å². The van der Waals surface area contributed by atoms with Crippen LogP contribution in [0.3, 0.4) is 0 Å². The Morgan fingerprint density at radius 3 is 1.86 bits per heavy atom. The Balaban J connectivity index is 1.88. The maximum Gasteiger partial charge on any atom is 0.323 e. The number of unbranched alkanes of at least 4 members (excludes halogenated alkanes) is 1. The molecule has 0 saturated heterocycles. The summed E-state index contributed by atoms with van der Waals surface area (Å²) in [5.41, 5.74) is 3.56. The largest absolute Gasteiger partial charge is 0.392 e. The van der Waals surface area contributed by atoms with Crippen LogP contribution in [0, 0.1) is 0 Å². The molecule has 0 bridgehead atoms. The molecule has 0 unspecified atom stereocenters. The standard InChI is InChI=1S/C18H22N2O2/c1-2-3-4-14-5-9-16(10-6-14)19-18(22)20-17-11-7-15(13-21)8-12-17/h5-12,21H,2-4,13H2,1H3,(H2,19,20,22). The smallest absolute Gasteiger partial charge is 0.323 e. The normalized spacial score (nSPS) is 10.3. The molecule has 2 amide bonds. The van der Waals surface area contributed by atoms with Crippen molar-refractivity contribution in [2.45, 2.75) is 32.8 Å². The number of nitrogens with one attached hydrogen (secondary N) is 2. The van der Waals surface area contributed by atoms with Gasteiger partial charge in [0.2, 0.25) is 0 Å². The molecule has 0 saturated carbocycles. The van der Waals surface area contributed by atoms with Crippen LogP contribution in [0.1, 0.15) is 30.9 Å². The average molecular weight is 298 g/mol. The molecule has 3 N–H and O–H groups in total. The highest BCUT2D eigenvalue weighted by Crippen LogP contribution is 2.13. The fraction of sp³-hybridized carbons (Fsp3) is 0.278. The van der Waals surface area contributed by atoms with Gasteiger partial charge in [0.25, 0.3) is 0 Å². The zero-order chi connectivity index (χ0) is 15.8. The third kappa shape index (κ3) is 4.90. The Labute approximate surface area is 131 Å². The maximum atomic E-state index is 11.9. The molecule has 0 fully saturated rings. The van der Waals surface area contributed by atoms with Crippen molar-refractivity contribution in [3.05, 3.63) is 59.7 Å². The molecule has 116 valence electrons. The summed E-state index contributed by atoms with van der Waals surface area (Å²) in [6.07, 6.45) is 3.43. The van der Waals surface area contributed by atoms with E-state index in [1.54, 1.807) is 24.3 Å². The second kappa shape index (κ2) is 8.20. The summed E-state index contributed by atoms with van der Waals surface area (Å²) in [7, 11) is 0. The monoisotopic (exact) mass is 298 g/mol. The van der Waals surface area contributed by atoms with Crippen molar-refractivity contribution in [2.75, 3.05) is 10.6 Å². The van der Waals surface area contributed by atoms with Crippen molar-refractivity contribution in [2.24, 2.45) is 0 Å². The first-order valence-corrected chi connectivity index (χ1v) is 7.58. The van der Waals surface area contributed by atoms with E-state index in [1.807, 2.05) is 24.3 Å². The molecule has 2 aromatic rings. The molecule has 4 nitrogen and oxygen atoms in total. The van der Waals surface area contributed by atoms with Crippen molar-refractivity contribution in [3.8, 4) is 0 Å². The van der Waals surface area contributed by atoms with Crippen molar-refractivity contribution >= 4 is 17.4 Å². The van der Waals surface area contributed by atoms with Gasteiger partial charge in [-0.25, -0.2) is 4.79 Å². The molecule has 0 atom stereocenters.